The highest BCUT2D eigenvalue weighted by atomic mass is 32.2. The Kier molecular flexibility index (Phi) is 5.87. The number of hydrogen-bond donors (Lipinski definition) is 1. The molecule has 2 aliphatic rings. The Morgan fingerprint density at radius 2 is 1.89 bits per heavy atom. The van der Waals surface area contributed by atoms with E-state index in [0.29, 0.717) is 25.1 Å². The number of nitrogens with zero attached hydrogens (tertiary/aromatic N) is 6. The van der Waals surface area contributed by atoms with Crippen LogP contribution in [0.25, 0.3) is 0 Å². The van der Waals surface area contributed by atoms with Gasteiger partial charge in [-0.2, -0.15) is 22.0 Å². The zero-order valence-corrected chi connectivity index (χ0v) is 17.3. The zero-order valence-electron chi connectivity index (χ0n) is 16.5. The molecular weight excluding hydrogens is 370 g/mol. The van der Waals surface area contributed by atoms with E-state index in [2.05, 4.69) is 39.2 Å². The Morgan fingerprint density at radius 1 is 1.19 bits per heavy atom. The van der Waals surface area contributed by atoms with Gasteiger partial charge in [0.1, 0.15) is 5.82 Å². The molecule has 0 aliphatic carbocycles. The van der Waals surface area contributed by atoms with Gasteiger partial charge in [0, 0.05) is 53.6 Å². The van der Waals surface area contributed by atoms with Gasteiger partial charge in [-0.1, -0.05) is 0 Å². The van der Waals surface area contributed by atoms with Crippen LogP contribution in [0.3, 0.4) is 0 Å². The first-order valence-electron chi connectivity index (χ1n) is 8.93. The summed E-state index contributed by atoms with van der Waals surface area (Å²) in [5.41, 5.74) is 0. The van der Waals surface area contributed by atoms with Crippen LogP contribution >= 0.6 is 0 Å². The Labute approximate surface area is 161 Å². The minimum atomic E-state index is -3.35. The second-order valence-corrected chi connectivity index (χ2v) is 9.54. The molecule has 1 N–H and O–H groups in total. The topological polar surface area (TPSA) is 94.1 Å². The minimum Gasteiger partial charge on any atom is -0.378 e. The molecule has 2 saturated heterocycles. The van der Waals surface area contributed by atoms with Crippen molar-refractivity contribution >= 4 is 22.0 Å². The summed E-state index contributed by atoms with van der Waals surface area (Å²) in [5.74, 6) is 1.36. The molecule has 1 aromatic heterocycles. The van der Waals surface area contributed by atoms with Crippen LogP contribution in [0.2, 0.25) is 0 Å². The lowest BCUT2D eigenvalue weighted by molar-refractivity contribution is 0.0639. The van der Waals surface area contributed by atoms with E-state index in [9.17, 15) is 8.42 Å². The van der Waals surface area contributed by atoms with E-state index >= 15 is 0 Å². The van der Waals surface area contributed by atoms with Gasteiger partial charge in [-0.3, -0.25) is 0 Å². The van der Waals surface area contributed by atoms with Crippen LogP contribution in [0, 0.1) is 0 Å². The molecular formula is C16H29N7O3S. The summed E-state index contributed by atoms with van der Waals surface area (Å²) in [6, 6.07) is 2.20. The highest BCUT2D eigenvalue weighted by Gasteiger charge is 2.38. The number of rotatable bonds is 7. The highest BCUT2D eigenvalue weighted by molar-refractivity contribution is 7.86. The monoisotopic (exact) mass is 399 g/mol. The molecule has 2 aliphatic heterocycles. The van der Waals surface area contributed by atoms with Crippen LogP contribution in [0.5, 0.6) is 0 Å². The summed E-state index contributed by atoms with van der Waals surface area (Å²) in [7, 11) is 5.56. The van der Waals surface area contributed by atoms with Gasteiger partial charge in [0.05, 0.1) is 18.2 Å². The lowest BCUT2D eigenvalue weighted by Crippen LogP contribution is -2.59. The van der Waals surface area contributed by atoms with Gasteiger partial charge in [-0.25, -0.2) is 4.98 Å². The van der Waals surface area contributed by atoms with Crippen LogP contribution < -0.4 is 10.2 Å². The Bertz CT molecular complexity index is 752. The summed E-state index contributed by atoms with van der Waals surface area (Å²) in [5, 5.41) is 3.23. The van der Waals surface area contributed by atoms with Gasteiger partial charge >= 0.3 is 0 Å². The molecule has 0 saturated carbocycles. The molecule has 11 heteroatoms. The predicted molar refractivity (Wildman–Crippen MR) is 104 cm³/mol. The SMILES string of the molecule is CO[C@@H]1CN(c2ccnc(NC3CN(S(=O)(=O)N(C)C)C3)n2)C[C@@H]1N(C)C. The molecule has 2 atom stereocenters. The number of nitrogens with one attached hydrogen (secondary N) is 1. The largest absolute Gasteiger partial charge is 0.378 e. The van der Waals surface area contributed by atoms with Gasteiger partial charge in [0.2, 0.25) is 5.95 Å². The van der Waals surface area contributed by atoms with Crippen molar-refractivity contribution < 1.29 is 13.2 Å². The number of methoxy groups -OCH3 is 1. The van der Waals surface area contributed by atoms with Crippen molar-refractivity contribution in [2.45, 2.75) is 18.2 Å². The van der Waals surface area contributed by atoms with Crippen LogP contribution in [0.15, 0.2) is 12.3 Å². The molecule has 0 spiro atoms. The summed E-state index contributed by atoms with van der Waals surface area (Å²) in [6.07, 6.45) is 1.85. The van der Waals surface area contributed by atoms with Crippen LogP contribution in [0.1, 0.15) is 0 Å². The maximum Gasteiger partial charge on any atom is 0.281 e. The van der Waals surface area contributed by atoms with Crippen molar-refractivity contribution in [3.8, 4) is 0 Å². The van der Waals surface area contributed by atoms with Gasteiger partial charge in [0.15, 0.2) is 0 Å². The number of hydrogen-bond acceptors (Lipinski definition) is 8. The Hall–Kier alpha value is -1.53. The lowest BCUT2D eigenvalue weighted by Gasteiger charge is -2.39. The van der Waals surface area contributed by atoms with Crippen molar-refractivity contribution in [3.63, 3.8) is 0 Å². The molecule has 3 rings (SSSR count). The molecule has 10 nitrogen and oxygen atoms in total. The zero-order chi connectivity index (χ0) is 19.8. The molecule has 3 heterocycles. The smallest absolute Gasteiger partial charge is 0.281 e. The molecule has 2 fully saturated rings. The molecule has 0 amide bonds. The molecule has 27 heavy (non-hydrogen) atoms. The molecule has 0 bridgehead atoms. The highest BCUT2D eigenvalue weighted by Crippen LogP contribution is 2.24. The normalized spacial score (nSPS) is 24.6. The van der Waals surface area contributed by atoms with E-state index in [1.165, 1.54) is 22.7 Å². The minimum absolute atomic E-state index is 0.00907. The van der Waals surface area contributed by atoms with E-state index in [0.717, 1.165) is 18.9 Å². The maximum atomic E-state index is 12.1. The van der Waals surface area contributed by atoms with Gasteiger partial charge in [-0.15, -0.1) is 0 Å². The Morgan fingerprint density at radius 3 is 2.44 bits per heavy atom. The first kappa shape index (κ1) is 20.2. The summed E-state index contributed by atoms with van der Waals surface area (Å²) in [4.78, 5) is 13.3. The van der Waals surface area contributed by atoms with Gasteiger partial charge in [0.25, 0.3) is 10.2 Å². The summed E-state index contributed by atoms with van der Waals surface area (Å²) in [6.45, 7) is 2.42. The van der Waals surface area contributed by atoms with Gasteiger partial charge in [-0.05, 0) is 20.2 Å². The number of aromatic nitrogens is 2. The van der Waals surface area contributed by atoms with Crippen molar-refractivity contribution in [2.24, 2.45) is 0 Å². The van der Waals surface area contributed by atoms with Crippen molar-refractivity contribution in [2.75, 3.05) is 71.7 Å². The molecule has 0 radical (unpaired) electrons. The number of ether oxygens (including phenoxy) is 1. The standard InChI is InChI=1S/C16H29N7O3S/c1-20(2)13-10-22(11-14(13)26-5)15-6-7-17-16(19-15)18-12-8-23(9-12)27(24,25)21(3)4/h6-7,12-14H,8-11H2,1-5H3,(H,17,18,19)/t13-,14+/m0/s1. The molecule has 0 unspecified atom stereocenters. The lowest BCUT2D eigenvalue weighted by atomic mass is 10.2. The third-order valence-corrected chi connectivity index (χ3v) is 7.01. The fourth-order valence-corrected chi connectivity index (χ4v) is 4.60. The van der Waals surface area contributed by atoms with Crippen LogP contribution in [-0.2, 0) is 14.9 Å². The number of likely N-dealkylation sites (N-methyl/N-ethyl adjacent to an activating group) is 1. The summed E-state index contributed by atoms with van der Waals surface area (Å²) >= 11 is 0. The average molecular weight is 400 g/mol. The fraction of sp³-hybridized carbons (Fsp3) is 0.750. The second-order valence-electron chi connectivity index (χ2n) is 7.40. The number of anilines is 2. The maximum absolute atomic E-state index is 12.1. The van der Waals surface area contributed by atoms with Crippen molar-refractivity contribution in [1.82, 2.24) is 23.5 Å². The third kappa shape index (κ3) is 4.16. The quantitative estimate of drug-likeness (QED) is 0.633. The summed E-state index contributed by atoms with van der Waals surface area (Å²) < 4.78 is 32.4. The second kappa shape index (κ2) is 7.84. The van der Waals surface area contributed by atoms with Gasteiger partial charge < -0.3 is 19.9 Å². The van der Waals surface area contributed by atoms with E-state index in [4.69, 9.17) is 4.74 Å². The van der Waals surface area contributed by atoms with Crippen molar-refractivity contribution in [3.05, 3.63) is 12.3 Å². The average Bonchev–Trinajstić information content (AvgIpc) is 3.02. The van der Waals surface area contributed by atoms with Crippen LogP contribution in [-0.4, -0.2) is 112 Å². The first-order valence-corrected chi connectivity index (χ1v) is 10.3. The molecule has 0 aromatic carbocycles. The van der Waals surface area contributed by atoms with E-state index in [1.807, 2.05) is 6.07 Å². The van der Waals surface area contributed by atoms with E-state index < -0.39 is 10.2 Å². The predicted octanol–water partition coefficient (Wildman–Crippen LogP) is -0.856. The van der Waals surface area contributed by atoms with E-state index in [1.54, 1.807) is 13.3 Å². The van der Waals surface area contributed by atoms with E-state index in [-0.39, 0.29) is 12.1 Å². The van der Waals surface area contributed by atoms with Crippen LogP contribution in [0.4, 0.5) is 11.8 Å². The fourth-order valence-electron chi connectivity index (χ4n) is 3.40. The molecule has 152 valence electrons. The van der Waals surface area contributed by atoms with Crippen molar-refractivity contribution in [1.29, 1.82) is 0 Å². The Balaban J connectivity index is 1.61. The first-order chi connectivity index (χ1) is 12.7. The molecule has 1 aromatic rings. The third-order valence-electron chi connectivity index (χ3n) is 5.14.